The largest absolute Gasteiger partial charge is 0.755 e. The molecule has 7 nitrogen and oxygen atoms in total. The highest BCUT2D eigenvalue weighted by atomic mass is 35.5. The second-order valence-corrected chi connectivity index (χ2v) is 12.4. The highest BCUT2D eigenvalue weighted by Gasteiger charge is 2.27. The van der Waals surface area contributed by atoms with Gasteiger partial charge in [0.25, 0.3) is 0 Å². The van der Waals surface area contributed by atoms with E-state index in [4.69, 9.17) is 16.3 Å². The first kappa shape index (κ1) is 24.7. The molecule has 0 aliphatic carbocycles. The Morgan fingerprint density at radius 3 is 2.41 bits per heavy atom. The van der Waals surface area contributed by atoms with E-state index in [1.54, 1.807) is 45.9 Å². The quantitative estimate of drug-likeness (QED) is 0.344. The molecule has 2 aromatic carbocycles. The third-order valence-corrected chi connectivity index (χ3v) is 7.83. The Morgan fingerprint density at radius 2 is 1.84 bits per heavy atom. The molecule has 0 fully saturated rings. The van der Waals surface area contributed by atoms with Crippen molar-refractivity contribution in [3.05, 3.63) is 52.5 Å². The molecule has 0 radical (unpaired) electrons. The maximum absolute atomic E-state index is 12.6. The Balaban J connectivity index is 2.22. The Labute approximate surface area is 198 Å². The first-order valence-corrected chi connectivity index (χ1v) is 13.5. The molecular formula is C21H21ClNO6S3-. The number of rotatable bonds is 5. The molecule has 0 saturated heterocycles. The van der Waals surface area contributed by atoms with Gasteiger partial charge in [-0.2, -0.15) is 0 Å². The van der Waals surface area contributed by atoms with E-state index >= 15 is 0 Å². The topological polar surface area (TPSA) is 104 Å². The number of fused-ring (bicyclic) bond motifs is 1. The summed E-state index contributed by atoms with van der Waals surface area (Å²) in [5, 5.41) is 1.59. The summed E-state index contributed by atoms with van der Waals surface area (Å²) >= 11 is 4.43. The number of benzene rings is 2. The average Bonchev–Trinajstić information content (AvgIpc) is 2.95. The number of carbonyl (C=O) groups excluding carboxylic acids is 1. The summed E-state index contributed by atoms with van der Waals surface area (Å²) in [5.41, 5.74) is -0.235. The lowest BCUT2D eigenvalue weighted by Gasteiger charge is -2.28. The van der Waals surface area contributed by atoms with Gasteiger partial charge in [-0.3, -0.25) is 8.51 Å². The normalized spacial score (nSPS) is 13.2. The van der Waals surface area contributed by atoms with Crippen molar-refractivity contribution in [1.29, 1.82) is 0 Å². The second kappa shape index (κ2) is 8.75. The van der Waals surface area contributed by atoms with E-state index in [2.05, 4.69) is 0 Å². The molecule has 0 N–H and O–H groups in total. The molecular weight excluding hydrogens is 494 g/mol. The van der Waals surface area contributed by atoms with Crippen LogP contribution in [0.4, 0.5) is 10.7 Å². The van der Waals surface area contributed by atoms with E-state index < -0.39 is 32.7 Å². The van der Waals surface area contributed by atoms with Crippen molar-refractivity contribution in [2.24, 2.45) is 0 Å². The SMILES string of the molecule is Cc1c(N(c2ccc(C(=O)OC(C)(C)C)cc2S(C)(=O)=O)S(=O)[O-])sc2ccc(Cl)cc12. The van der Waals surface area contributed by atoms with Crippen LogP contribution in [0.1, 0.15) is 36.7 Å². The minimum Gasteiger partial charge on any atom is -0.755 e. The van der Waals surface area contributed by atoms with Crippen molar-refractivity contribution in [3.63, 3.8) is 0 Å². The molecule has 1 aromatic heterocycles. The van der Waals surface area contributed by atoms with Crippen LogP contribution in [0.5, 0.6) is 0 Å². The molecule has 0 aliphatic rings. The smallest absolute Gasteiger partial charge is 0.338 e. The van der Waals surface area contributed by atoms with E-state index in [1.165, 1.54) is 23.5 Å². The number of hydrogen-bond acceptors (Lipinski definition) is 7. The monoisotopic (exact) mass is 514 g/mol. The van der Waals surface area contributed by atoms with Crippen LogP contribution in [0.3, 0.4) is 0 Å². The molecule has 0 amide bonds. The average molecular weight is 515 g/mol. The Bertz CT molecular complexity index is 1340. The van der Waals surface area contributed by atoms with E-state index in [-0.39, 0.29) is 16.1 Å². The number of anilines is 2. The maximum Gasteiger partial charge on any atom is 0.338 e. The summed E-state index contributed by atoms with van der Waals surface area (Å²) in [6.45, 7) is 6.81. The van der Waals surface area contributed by atoms with Crippen molar-refractivity contribution < 1.29 is 26.7 Å². The molecule has 0 bridgehead atoms. The van der Waals surface area contributed by atoms with Crippen LogP contribution in [0.25, 0.3) is 10.1 Å². The van der Waals surface area contributed by atoms with Crippen LogP contribution in [-0.2, 0) is 25.8 Å². The Kier molecular flexibility index (Phi) is 6.74. The number of sulfone groups is 1. The van der Waals surface area contributed by atoms with Gasteiger partial charge in [0.15, 0.2) is 9.84 Å². The summed E-state index contributed by atoms with van der Waals surface area (Å²) in [6.07, 6.45) is 0.953. The van der Waals surface area contributed by atoms with E-state index in [0.29, 0.717) is 15.6 Å². The van der Waals surface area contributed by atoms with Crippen LogP contribution in [0.2, 0.25) is 5.02 Å². The van der Waals surface area contributed by atoms with E-state index in [1.807, 2.05) is 0 Å². The lowest BCUT2D eigenvalue weighted by molar-refractivity contribution is 0.00692. The number of aryl methyl sites for hydroxylation is 1. The zero-order chi connectivity index (χ0) is 24.0. The number of thiophene rings is 1. The van der Waals surface area contributed by atoms with Gasteiger partial charge in [0.05, 0.1) is 27.4 Å². The lowest BCUT2D eigenvalue weighted by Crippen LogP contribution is -2.25. The molecule has 3 aromatic rings. The van der Waals surface area contributed by atoms with Gasteiger partial charge < -0.3 is 9.29 Å². The van der Waals surface area contributed by atoms with Crippen molar-refractivity contribution in [2.45, 2.75) is 38.2 Å². The summed E-state index contributed by atoms with van der Waals surface area (Å²) in [5.74, 6) is -0.712. The highest BCUT2D eigenvalue weighted by molar-refractivity contribution is 7.91. The number of carbonyl (C=O) groups is 1. The fourth-order valence-corrected chi connectivity index (χ4v) is 6.18. The molecule has 11 heteroatoms. The van der Waals surface area contributed by atoms with Gasteiger partial charge in [-0.25, -0.2) is 13.2 Å². The minimum absolute atomic E-state index is 0.000533. The van der Waals surface area contributed by atoms with E-state index in [9.17, 15) is 22.0 Å². The van der Waals surface area contributed by atoms with Gasteiger partial charge in [0.2, 0.25) is 0 Å². The summed E-state index contributed by atoms with van der Waals surface area (Å²) in [7, 11) is -3.91. The number of esters is 1. The first-order valence-electron chi connectivity index (χ1n) is 9.34. The van der Waals surface area contributed by atoms with Crippen molar-refractivity contribution in [1.82, 2.24) is 0 Å². The van der Waals surface area contributed by atoms with Gasteiger partial charge in [-0.15, -0.1) is 11.3 Å². The third kappa shape index (κ3) is 5.15. The van der Waals surface area contributed by atoms with Gasteiger partial charge in [-0.1, -0.05) is 11.6 Å². The lowest BCUT2D eigenvalue weighted by atomic mass is 10.1. The standard InChI is InChI=1S/C21H22ClNO6S3/c1-12-15-11-14(22)7-9-17(15)30-19(12)23(31(25)26)16-8-6-13(10-18(16)32(5,27)28)20(24)29-21(2,3)4/h6-11H,1-5H3,(H,25,26)/p-1. The molecule has 32 heavy (non-hydrogen) atoms. The van der Waals surface area contributed by atoms with Crippen molar-refractivity contribution >= 4 is 70.8 Å². The molecule has 1 unspecified atom stereocenters. The van der Waals surface area contributed by atoms with Crippen molar-refractivity contribution in [2.75, 3.05) is 10.6 Å². The molecule has 1 atom stereocenters. The van der Waals surface area contributed by atoms with Gasteiger partial charge in [-0.05, 0) is 75.0 Å². The maximum atomic E-state index is 12.6. The van der Waals surface area contributed by atoms with E-state index in [0.717, 1.165) is 26.7 Å². The second-order valence-electron chi connectivity index (χ2n) is 8.14. The van der Waals surface area contributed by atoms with Crippen LogP contribution < -0.4 is 4.31 Å². The predicted molar refractivity (Wildman–Crippen MR) is 127 cm³/mol. The van der Waals surface area contributed by atoms with Gasteiger partial charge in [0.1, 0.15) is 10.6 Å². The number of halogens is 1. The molecule has 0 spiro atoms. The van der Waals surface area contributed by atoms with Crippen LogP contribution >= 0.6 is 22.9 Å². The van der Waals surface area contributed by atoms with Gasteiger partial charge >= 0.3 is 5.97 Å². The molecule has 172 valence electrons. The zero-order valence-corrected chi connectivity index (χ0v) is 21.2. The predicted octanol–water partition coefficient (Wildman–Crippen LogP) is 5.15. The van der Waals surface area contributed by atoms with Crippen molar-refractivity contribution in [3.8, 4) is 0 Å². The number of ether oxygens (including phenoxy) is 1. The Morgan fingerprint density at radius 1 is 1.19 bits per heavy atom. The molecule has 3 rings (SSSR count). The fourth-order valence-electron chi connectivity index (χ4n) is 3.07. The highest BCUT2D eigenvalue weighted by Crippen LogP contribution is 2.44. The molecule has 1 heterocycles. The first-order chi connectivity index (χ1) is 14.7. The van der Waals surface area contributed by atoms with Gasteiger partial charge in [0, 0.05) is 16.0 Å². The molecule has 0 saturated carbocycles. The van der Waals surface area contributed by atoms with Crippen LogP contribution in [0.15, 0.2) is 41.3 Å². The summed E-state index contributed by atoms with van der Waals surface area (Å²) in [4.78, 5) is 12.2. The van der Waals surface area contributed by atoms with Crippen LogP contribution in [-0.4, -0.2) is 35.0 Å². The third-order valence-electron chi connectivity index (χ3n) is 4.42. The summed E-state index contributed by atoms with van der Waals surface area (Å²) < 4.78 is 56.8. The number of nitrogens with zero attached hydrogens (tertiary/aromatic N) is 1. The summed E-state index contributed by atoms with van der Waals surface area (Å²) in [6, 6.07) is 8.96. The zero-order valence-electron chi connectivity index (χ0n) is 18.0. The number of hydrogen-bond donors (Lipinski definition) is 0. The Hall–Kier alpha value is -1.98. The molecule has 0 aliphatic heterocycles. The minimum atomic E-state index is -3.91. The van der Waals surface area contributed by atoms with Crippen LogP contribution in [0, 0.1) is 6.92 Å². The fraction of sp³-hybridized carbons (Fsp3) is 0.286.